The van der Waals surface area contributed by atoms with Crippen molar-refractivity contribution in [2.24, 2.45) is 0 Å². The van der Waals surface area contributed by atoms with Crippen molar-refractivity contribution in [1.82, 2.24) is 0 Å². The number of rotatable bonds is 3. The van der Waals surface area contributed by atoms with Crippen LogP contribution in [-0.2, 0) is 0 Å². The van der Waals surface area contributed by atoms with Gasteiger partial charge in [-0.3, -0.25) is 4.79 Å². The molecule has 2 aromatic carbocycles. The topological polar surface area (TPSA) is 55.1 Å². The summed E-state index contributed by atoms with van der Waals surface area (Å²) in [6.45, 7) is 1.96. The first-order chi connectivity index (χ1) is 11.1. The highest BCUT2D eigenvalue weighted by Gasteiger charge is 2.16. The van der Waals surface area contributed by atoms with Gasteiger partial charge in [0.2, 0.25) is 0 Å². The van der Waals surface area contributed by atoms with Crippen LogP contribution in [-0.4, -0.2) is 5.91 Å². The number of nitrogens with two attached hydrogens (primary N) is 1. The molecule has 0 atom stereocenters. The van der Waals surface area contributed by atoms with E-state index in [9.17, 15) is 4.79 Å². The summed E-state index contributed by atoms with van der Waals surface area (Å²) in [5.74, 6) is 0.575. The van der Waals surface area contributed by atoms with Crippen LogP contribution in [0, 0.1) is 6.92 Å². The molecule has 0 radical (unpaired) electrons. The van der Waals surface area contributed by atoms with Crippen molar-refractivity contribution >= 4 is 17.3 Å². The summed E-state index contributed by atoms with van der Waals surface area (Å²) >= 11 is 0. The number of aryl methyl sites for hydroxylation is 1. The standard InChI is InChI=1S/C20H24N2O/c1-14-7-12-18(21)13-19(14)22-20(23)17-10-8-16(9-11-17)15-5-3-2-4-6-15/h7-13,15H,2-6,21H2,1H3,(H,22,23). The molecule has 0 aromatic heterocycles. The predicted molar refractivity (Wildman–Crippen MR) is 95.8 cm³/mol. The second-order valence-corrected chi connectivity index (χ2v) is 6.49. The third-order valence-corrected chi connectivity index (χ3v) is 4.76. The number of anilines is 2. The van der Waals surface area contributed by atoms with Crippen molar-refractivity contribution < 1.29 is 4.79 Å². The van der Waals surface area contributed by atoms with E-state index in [0.29, 0.717) is 17.2 Å². The predicted octanol–water partition coefficient (Wildman–Crippen LogP) is 4.88. The average molecular weight is 308 g/mol. The molecule has 1 aliphatic carbocycles. The lowest BCUT2D eigenvalue weighted by Gasteiger charge is -2.22. The van der Waals surface area contributed by atoms with E-state index in [4.69, 9.17) is 5.73 Å². The molecule has 1 aliphatic rings. The molecule has 3 nitrogen and oxygen atoms in total. The minimum Gasteiger partial charge on any atom is -0.399 e. The number of hydrogen-bond acceptors (Lipinski definition) is 2. The van der Waals surface area contributed by atoms with Crippen LogP contribution in [0.5, 0.6) is 0 Å². The summed E-state index contributed by atoms with van der Waals surface area (Å²) in [5, 5.41) is 2.95. The molecule has 1 fully saturated rings. The molecule has 23 heavy (non-hydrogen) atoms. The fourth-order valence-electron chi connectivity index (χ4n) is 3.31. The zero-order valence-electron chi connectivity index (χ0n) is 13.6. The van der Waals surface area contributed by atoms with Crippen molar-refractivity contribution in [3.8, 4) is 0 Å². The fraction of sp³-hybridized carbons (Fsp3) is 0.350. The average Bonchev–Trinajstić information content (AvgIpc) is 2.59. The van der Waals surface area contributed by atoms with Gasteiger partial charge in [-0.2, -0.15) is 0 Å². The molecule has 0 heterocycles. The van der Waals surface area contributed by atoms with Crippen molar-refractivity contribution in [2.75, 3.05) is 11.1 Å². The molecule has 2 aromatic rings. The number of benzene rings is 2. The van der Waals surface area contributed by atoms with Crippen LogP contribution in [0.1, 0.15) is 59.5 Å². The number of hydrogen-bond donors (Lipinski definition) is 2. The number of nitrogens with one attached hydrogen (secondary N) is 1. The van der Waals surface area contributed by atoms with Gasteiger partial charge in [-0.25, -0.2) is 0 Å². The van der Waals surface area contributed by atoms with Gasteiger partial charge in [0.15, 0.2) is 0 Å². The lowest BCUT2D eigenvalue weighted by Crippen LogP contribution is -2.13. The smallest absolute Gasteiger partial charge is 0.255 e. The molecule has 3 heteroatoms. The monoisotopic (exact) mass is 308 g/mol. The Morgan fingerprint density at radius 3 is 2.43 bits per heavy atom. The van der Waals surface area contributed by atoms with Gasteiger partial charge in [-0.15, -0.1) is 0 Å². The molecule has 120 valence electrons. The quantitative estimate of drug-likeness (QED) is 0.794. The maximum atomic E-state index is 12.4. The molecule has 0 unspecified atom stereocenters. The van der Waals surface area contributed by atoms with Gasteiger partial charge in [0.25, 0.3) is 5.91 Å². The molecule has 0 spiro atoms. The van der Waals surface area contributed by atoms with Crippen LogP contribution in [0.2, 0.25) is 0 Å². The number of amides is 1. The molecule has 3 rings (SSSR count). The Hall–Kier alpha value is -2.29. The third-order valence-electron chi connectivity index (χ3n) is 4.76. The van der Waals surface area contributed by atoms with E-state index in [1.165, 1.54) is 37.7 Å². The van der Waals surface area contributed by atoms with Gasteiger partial charge in [0.1, 0.15) is 0 Å². The van der Waals surface area contributed by atoms with Crippen molar-refractivity contribution in [2.45, 2.75) is 44.9 Å². The maximum Gasteiger partial charge on any atom is 0.255 e. The van der Waals surface area contributed by atoms with E-state index in [2.05, 4.69) is 17.4 Å². The second kappa shape index (κ2) is 6.86. The van der Waals surface area contributed by atoms with Gasteiger partial charge in [0.05, 0.1) is 0 Å². The summed E-state index contributed by atoms with van der Waals surface area (Å²) in [6.07, 6.45) is 6.54. The van der Waals surface area contributed by atoms with Crippen molar-refractivity contribution in [3.63, 3.8) is 0 Å². The molecule has 0 aliphatic heterocycles. The van der Waals surface area contributed by atoms with E-state index in [1.54, 1.807) is 6.07 Å². The van der Waals surface area contributed by atoms with Gasteiger partial charge < -0.3 is 11.1 Å². The van der Waals surface area contributed by atoms with Gasteiger partial charge in [0, 0.05) is 16.9 Å². The zero-order valence-corrected chi connectivity index (χ0v) is 13.6. The Bertz CT molecular complexity index is 685. The number of carbonyl (C=O) groups is 1. The highest BCUT2D eigenvalue weighted by Crippen LogP contribution is 2.32. The Labute approximate surface area is 137 Å². The Kier molecular flexibility index (Phi) is 4.65. The molecular weight excluding hydrogens is 284 g/mol. The summed E-state index contributed by atoms with van der Waals surface area (Å²) in [4.78, 5) is 12.4. The van der Waals surface area contributed by atoms with Gasteiger partial charge >= 0.3 is 0 Å². The van der Waals surface area contributed by atoms with Crippen LogP contribution >= 0.6 is 0 Å². The molecular formula is C20H24N2O. The summed E-state index contributed by atoms with van der Waals surface area (Å²) < 4.78 is 0. The Balaban J connectivity index is 1.71. The molecule has 0 saturated heterocycles. The van der Waals surface area contributed by atoms with E-state index in [1.807, 2.05) is 31.2 Å². The highest BCUT2D eigenvalue weighted by atomic mass is 16.1. The molecule has 0 bridgehead atoms. The minimum atomic E-state index is -0.0890. The Morgan fingerprint density at radius 1 is 1.04 bits per heavy atom. The maximum absolute atomic E-state index is 12.4. The summed E-state index contributed by atoms with van der Waals surface area (Å²) in [5.41, 5.74) is 10.3. The molecule has 1 amide bonds. The van der Waals surface area contributed by atoms with E-state index in [0.717, 1.165) is 11.3 Å². The van der Waals surface area contributed by atoms with Crippen LogP contribution in [0.15, 0.2) is 42.5 Å². The summed E-state index contributed by atoms with van der Waals surface area (Å²) in [7, 11) is 0. The normalized spacial score (nSPS) is 15.3. The molecule has 1 saturated carbocycles. The number of carbonyl (C=O) groups excluding carboxylic acids is 1. The summed E-state index contributed by atoms with van der Waals surface area (Å²) in [6, 6.07) is 13.6. The fourth-order valence-corrected chi connectivity index (χ4v) is 3.31. The number of nitrogen functional groups attached to an aromatic ring is 1. The Morgan fingerprint density at radius 2 is 1.74 bits per heavy atom. The minimum absolute atomic E-state index is 0.0890. The molecule has 3 N–H and O–H groups in total. The highest BCUT2D eigenvalue weighted by molar-refractivity contribution is 6.04. The zero-order chi connectivity index (χ0) is 16.2. The lowest BCUT2D eigenvalue weighted by atomic mass is 9.84. The third kappa shape index (κ3) is 3.73. The largest absolute Gasteiger partial charge is 0.399 e. The van der Waals surface area contributed by atoms with Gasteiger partial charge in [-0.1, -0.05) is 37.5 Å². The van der Waals surface area contributed by atoms with Gasteiger partial charge in [-0.05, 0) is 61.1 Å². The SMILES string of the molecule is Cc1ccc(N)cc1NC(=O)c1ccc(C2CCCCC2)cc1. The first-order valence-corrected chi connectivity index (χ1v) is 8.41. The van der Waals surface area contributed by atoms with E-state index >= 15 is 0 Å². The van der Waals surface area contributed by atoms with E-state index in [-0.39, 0.29) is 5.91 Å². The second-order valence-electron chi connectivity index (χ2n) is 6.49. The first kappa shape index (κ1) is 15.6. The van der Waals surface area contributed by atoms with Crippen LogP contribution in [0.4, 0.5) is 11.4 Å². The van der Waals surface area contributed by atoms with Crippen LogP contribution in [0.3, 0.4) is 0 Å². The van der Waals surface area contributed by atoms with Crippen LogP contribution in [0.25, 0.3) is 0 Å². The van der Waals surface area contributed by atoms with E-state index < -0.39 is 0 Å². The van der Waals surface area contributed by atoms with Crippen LogP contribution < -0.4 is 11.1 Å². The first-order valence-electron chi connectivity index (χ1n) is 8.41. The van der Waals surface area contributed by atoms with Crippen molar-refractivity contribution in [1.29, 1.82) is 0 Å². The van der Waals surface area contributed by atoms with Crippen molar-refractivity contribution in [3.05, 3.63) is 59.2 Å². The lowest BCUT2D eigenvalue weighted by molar-refractivity contribution is 0.102.